The van der Waals surface area contributed by atoms with Crippen LogP contribution in [0.15, 0.2) is 89.4 Å². The fourth-order valence-electron chi connectivity index (χ4n) is 5.56. The number of nitrogens with two attached hydrogens (primary N) is 1. The van der Waals surface area contributed by atoms with E-state index >= 15 is 0 Å². The van der Waals surface area contributed by atoms with E-state index in [1.54, 1.807) is 30.5 Å². The number of hydrogen-bond acceptors (Lipinski definition) is 7. The summed E-state index contributed by atoms with van der Waals surface area (Å²) in [4.78, 5) is 43.4. The number of methoxy groups -OCH3 is 1. The number of carbonyl (C=O) groups excluding carboxylic acids is 3. The summed E-state index contributed by atoms with van der Waals surface area (Å²) in [6.45, 7) is 3.40. The van der Waals surface area contributed by atoms with Crippen LogP contribution in [-0.4, -0.2) is 36.3 Å². The van der Waals surface area contributed by atoms with Crippen LogP contribution in [0, 0.1) is 6.92 Å². The lowest BCUT2D eigenvalue weighted by molar-refractivity contribution is -0.120. The lowest BCUT2D eigenvalue weighted by Gasteiger charge is -2.37. The van der Waals surface area contributed by atoms with Gasteiger partial charge in [-0.3, -0.25) is 14.4 Å². The average molecular weight is 553 g/mol. The van der Waals surface area contributed by atoms with Gasteiger partial charge in [0.25, 0.3) is 11.8 Å². The first-order valence-corrected chi connectivity index (χ1v) is 13.4. The molecular weight excluding hydrogens is 520 g/mol. The lowest BCUT2D eigenvalue weighted by atomic mass is 9.71. The Morgan fingerprint density at radius 1 is 1.02 bits per heavy atom. The quantitative estimate of drug-likeness (QED) is 0.380. The maximum atomic E-state index is 13.9. The SMILES string of the molecule is COc1cc(C2C(C(=O)Nc3ncccc3C)=C(C)NC3=C2C(=O)CC(c2ccccc2)C3)ccc1OCC(N)=O. The Morgan fingerprint density at radius 3 is 2.51 bits per heavy atom. The van der Waals surface area contributed by atoms with Crippen molar-refractivity contribution in [1.29, 1.82) is 0 Å². The summed E-state index contributed by atoms with van der Waals surface area (Å²) in [6, 6.07) is 18.8. The molecule has 2 atom stereocenters. The predicted molar refractivity (Wildman–Crippen MR) is 154 cm³/mol. The second-order valence-corrected chi connectivity index (χ2v) is 10.2. The number of nitrogens with one attached hydrogen (secondary N) is 2. The Bertz CT molecular complexity index is 1580. The number of pyridine rings is 1. The number of hydrogen-bond donors (Lipinski definition) is 3. The first-order valence-electron chi connectivity index (χ1n) is 13.4. The van der Waals surface area contributed by atoms with Crippen LogP contribution in [0.2, 0.25) is 0 Å². The molecule has 0 radical (unpaired) electrons. The van der Waals surface area contributed by atoms with Crippen molar-refractivity contribution in [1.82, 2.24) is 10.3 Å². The van der Waals surface area contributed by atoms with E-state index in [0.29, 0.717) is 52.6 Å². The number of anilines is 1. The number of carbonyl (C=O) groups is 3. The van der Waals surface area contributed by atoms with Gasteiger partial charge in [-0.15, -0.1) is 0 Å². The van der Waals surface area contributed by atoms with Crippen LogP contribution in [0.25, 0.3) is 0 Å². The number of rotatable bonds is 8. The van der Waals surface area contributed by atoms with Crippen LogP contribution >= 0.6 is 0 Å². The smallest absolute Gasteiger partial charge is 0.255 e. The zero-order valence-electron chi connectivity index (χ0n) is 23.2. The summed E-state index contributed by atoms with van der Waals surface area (Å²) in [7, 11) is 1.48. The normalized spacial score (nSPS) is 18.4. The van der Waals surface area contributed by atoms with Crippen molar-refractivity contribution in [2.24, 2.45) is 5.73 Å². The van der Waals surface area contributed by atoms with Gasteiger partial charge in [0, 0.05) is 41.1 Å². The molecule has 2 aliphatic rings. The molecule has 0 bridgehead atoms. The second-order valence-electron chi connectivity index (χ2n) is 10.2. The molecule has 2 aromatic carbocycles. The minimum Gasteiger partial charge on any atom is -0.493 e. The van der Waals surface area contributed by atoms with Crippen LogP contribution < -0.4 is 25.8 Å². The standard InChI is InChI=1S/C32H32N4O5/c1-18-8-7-13-34-31(18)36-32(39)28-19(2)35-23-14-22(20-9-5-4-6-10-20)15-24(37)30(23)29(28)21-11-12-25(26(16-21)40-3)41-17-27(33)38/h4-13,16,22,29,35H,14-15,17H2,1-3H3,(H2,33,38)(H,34,36,39). The summed E-state index contributed by atoms with van der Waals surface area (Å²) in [5.41, 5.74) is 10.3. The number of Topliss-reactive ketones (excluding diaryl/α,β-unsaturated/α-hetero) is 1. The van der Waals surface area contributed by atoms with Crippen molar-refractivity contribution < 1.29 is 23.9 Å². The zero-order valence-corrected chi connectivity index (χ0v) is 23.2. The summed E-state index contributed by atoms with van der Waals surface area (Å²) in [5, 5.41) is 6.34. The minimum atomic E-state index is -0.668. The maximum Gasteiger partial charge on any atom is 0.255 e. The fourth-order valence-corrected chi connectivity index (χ4v) is 5.56. The number of dihydropyridines is 1. The molecule has 1 aromatic heterocycles. The van der Waals surface area contributed by atoms with Crippen LogP contribution in [0.5, 0.6) is 11.5 Å². The van der Waals surface area contributed by atoms with Crippen molar-refractivity contribution in [3.05, 3.63) is 106 Å². The number of nitrogens with zero attached hydrogens (tertiary/aromatic N) is 1. The highest BCUT2D eigenvalue weighted by molar-refractivity contribution is 6.10. The number of ether oxygens (including phenoxy) is 2. The fraction of sp³-hybridized carbons (Fsp3) is 0.250. The van der Waals surface area contributed by atoms with Gasteiger partial charge in [0.15, 0.2) is 23.9 Å². The highest BCUT2D eigenvalue weighted by Crippen LogP contribution is 2.47. The van der Waals surface area contributed by atoms with E-state index in [2.05, 4.69) is 15.6 Å². The monoisotopic (exact) mass is 552 g/mol. The number of ketones is 1. The highest BCUT2D eigenvalue weighted by Gasteiger charge is 2.41. The van der Waals surface area contributed by atoms with Gasteiger partial charge in [0.2, 0.25) is 0 Å². The molecule has 210 valence electrons. The van der Waals surface area contributed by atoms with Gasteiger partial charge in [-0.2, -0.15) is 0 Å². The van der Waals surface area contributed by atoms with Crippen molar-refractivity contribution in [3.63, 3.8) is 0 Å². The second kappa shape index (κ2) is 11.7. The molecular formula is C32H32N4O5. The molecule has 0 fully saturated rings. The molecule has 0 saturated heterocycles. The Morgan fingerprint density at radius 2 is 1.80 bits per heavy atom. The number of primary amides is 1. The van der Waals surface area contributed by atoms with Crippen molar-refractivity contribution in [3.8, 4) is 11.5 Å². The number of amides is 2. The topological polar surface area (TPSA) is 133 Å². The largest absolute Gasteiger partial charge is 0.493 e. The third-order valence-electron chi connectivity index (χ3n) is 7.48. The number of allylic oxidation sites excluding steroid dienone is 3. The lowest BCUT2D eigenvalue weighted by Crippen LogP contribution is -2.37. The minimum absolute atomic E-state index is 0.0223. The van der Waals surface area contributed by atoms with E-state index < -0.39 is 11.8 Å². The molecule has 0 spiro atoms. The third-order valence-corrected chi connectivity index (χ3v) is 7.48. The van der Waals surface area contributed by atoms with Gasteiger partial charge in [-0.25, -0.2) is 4.98 Å². The van der Waals surface area contributed by atoms with Crippen LogP contribution in [0.4, 0.5) is 5.82 Å². The summed E-state index contributed by atoms with van der Waals surface area (Å²) in [5.74, 6) is -0.527. The van der Waals surface area contributed by atoms with Gasteiger partial charge in [0.1, 0.15) is 5.82 Å². The Kier molecular flexibility index (Phi) is 7.87. The third kappa shape index (κ3) is 5.70. The summed E-state index contributed by atoms with van der Waals surface area (Å²) >= 11 is 0. The maximum absolute atomic E-state index is 13.9. The van der Waals surface area contributed by atoms with Crippen molar-refractivity contribution in [2.45, 2.75) is 38.5 Å². The molecule has 1 aliphatic carbocycles. The first-order chi connectivity index (χ1) is 19.8. The predicted octanol–water partition coefficient (Wildman–Crippen LogP) is 4.26. The Balaban J connectivity index is 1.59. The van der Waals surface area contributed by atoms with Crippen molar-refractivity contribution in [2.75, 3.05) is 19.0 Å². The zero-order chi connectivity index (χ0) is 29.1. The van der Waals surface area contributed by atoms with E-state index in [1.165, 1.54) is 7.11 Å². The van der Waals surface area contributed by atoms with E-state index in [4.69, 9.17) is 15.2 Å². The van der Waals surface area contributed by atoms with Crippen LogP contribution in [0.3, 0.4) is 0 Å². The van der Waals surface area contributed by atoms with Crippen molar-refractivity contribution >= 4 is 23.4 Å². The van der Waals surface area contributed by atoms with Gasteiger partial charge < -0.3 is 25.8 Å². The number of aromatic nitrogens is 1. The summed E-state index contributed by atoms with van der Waals surface area (Å²) in [6.07, 6.45) is 2.57. The molecule has 3 aromatic rings. The highest BCUT2D eigenvalue weighted by atomic mass is 16.5. The molecule has 1 aliphatic heterocycles. The van der Waals surface area contributed by atoms with Gasteiger partial charge in [-0.1, -0.05) is 42.5 Å². The molecule has 4 N–H and O–H groups in total. The van der Waals surface area contributed by atoms with E-state index in [9.17, 15) is 14.4 Å². The Labute approximate surface area is 238 Å². The molecule has 2 amide bonds. The van der Waals surface area contributed by atoms with Crippen LogP contribution in [-0.2, 0) is 14.4 Å². The molecule has 41 heavy (non-hydrogen) atoms. The Hall–Kier alpha value is -4.92. The van der Waals surface area contributed by atoms with E-state index in [1.807, 2.05) is 50.2 Å². The molecule has 0 saturated carbocycles. The number of benzene rings is 2. The summed E-state index contributed by atoms with van der Waals surface area (Å²) < 4.78 is 11.1. The van der Waals surface area contributed by atoms with Gasteiger partial charge >= 0.3 is 0 Å². The van der Waals surface area contributed by atoms with Gasteiger partial charge in [0.05, 0.1) is 7.11 Å². The molecule has 9 nitrogen and oxygen atoms in total. The number of aryl methyl sites for hydroxylation is 1. The van der Waals surface area contributed by atoms with E-state index in [-0.39, 0.29) is 24.2 Å². The molecule has 2 heterocycles. The van der Waals surface area contributed by atoms with Gasteiger partial charge in [-0.05, 0) is 61.1 Å². The average Bonchev–Trinajstić information content (AvgIpc) is 2.96. The first kappa shape index (κ1) is 27.6. The molecule has 5 rings (SSSR count). The molecule has 9 heteroatoms. The van der Waals surface area contributed by atoms with Crippen LogP contribution in [0.1, 0.15) is 48.3 Å². The molecule has 2 unspecified atom stereocenters. The van der Waals surface area contributed by atoms with E-state index in [0.717, 1.165) is 16.8 Å².